The van der Waals surface area contributed by atoms with Gasteiger partial charge in [-0.3, -0.25) is 4.79 Å². The standard InChI is InChI=1S/C12H21NO2/c1-15-5-4-13-12(14)8-11-7-9-2-3-10(11)6-9/h9-11H,2-8H2,1H3,(H,13,14)/t9-,10-,11-/m0/s1. The Balaban J connectivity index is 1.66. The molecule has 0 heterocycles. The van der Waals surface area contributed by atoms with Crippen LogP contribution >= 0.6 is 0 Å². The van der Waals surface area contributed by atoms with Crippen molar-refractivity contribution in [3.8, 4) is 0 Å². The second-order valence-corrected chi connectivity index (χ2v) is 4.98. The van der Waals surface area contributed by atoms with Crippen molar-refractivity contribution in [3.63, 3.8) is 0 Å². The van der Waals surface area contributed by atoms with Gasteiger partial charge in [-0.15, -0.1) is 0 Å². The minimum absolute atomic E-state index is 0.213. The third-order valence-electron chi connectivity index (χ3n) is 3.96. The van der Waals surface area contributed by atoms with Crippen LogP contribution < -0.4 is 5.32 Å². The highest BCUT2D eigenvalue weighted by molar-refractivity contribution is 5.76. The third-order valence-corrected chi connectivity index (χ3v) is 3.96. The van der Waals surface area contributed by atoms with Crippen LogP contribution in [0.15, 0.2) is 0 Å². The van der Waals surface area contributed by atoms with Gasteiger partial charge in [0.05, 0.1) is 6.61 Å². The first-order valence-corrected chi connectivity index (χ1v) is 6.05. The largest absolute Gasteiger partial charge is 0.383 e. The zero-order chi connectivity index (χ0) is 10.7. The predicted octanol–water partition coefficient (Wildman–Crippen LogP) is 1.58. The van der Waals surface area contributed by atoms with Gasteiger partial charge in [0.25, 0.3) is 0 Å². The van der Waals surface area contributed by atoms with Crippen LogP contribution in [-0.4, -0.2) is 26.2 Å². The molecule has 0 spiro atoms. The molecule has 0 unspecified atom stereocenters. The van der Waals surface area contributed by atoms with Gasteiger partial charge in [0.2, 0.25) is 5.91 Å². The maximum atomic E-state index is 11.6. The van der Waals surface area contributed by atoms with Gasteiger partial charge < -0.3 is 10.1 Å². The molecule has 0 saturated heterocycles. The van der Waals surface area contributed by atoms with Crippen LogP contribution in [0.1, 0.15) is 32.1 Å². The molecular formula is C12H21NO2. The van der Waals surface area contributed by atoms with Gasteiger partial charge >= 0.3 is 0 Å². The molecule has 3 atom stereocenters. The second-order valence-electron chi connectivity index (χ2n) is 4.98. The first kappa shape index (κ1) is 10.9. The molecule has 0 aromatic heterocycles. The number of fused-ring (bicyclic) bond motifs is 2. The normalized spacial score (nSPS) is 33.3. The molecule has 2 bridgehead atoms. The van der Waals surface area contributed by atoms with Gasteiger partial charge in [-0.1, -0.05) is 6.42 Å². The summed E-state index contributed by atoms with van der Waals surface area (Å²) in [5, 5.41) is 2.91. The molecule has 1 N–H and O–H groups in total. The van der Waals surface area contributed by atoms with E-state index >= 15 is 0 Å². The molecule has 2 rings (SSSR count). The van der Waals surface area contributed by atoms with Crippen molar-refractivity contribution >= 4 is 5.91 Å². The first-order chi connectivity index (χ1) is 7.29. The molecule has 2 saturated carbocycles. The number of methoxy groups -OCH3 is 1. The molecule has 2 fully saturated rings. The van der Waals surface area contributed by atoms with Crippen LogP contribution in [0.5, 0.6) is 0 Å². The molecule has 86 valence electrons. The van der Waals surface area contributed by atoms with E-state index in [0.717, 1.165) is 18.3 Å². The van der Waals surface area contributed by atoms with Crippen LogP contribution in [-0.2, 0) is 9.53 Å². The summed E-state index contributed by atoms with van der Waals surface area (Å²) < 4.78 is 4.90. The van der Waals surface area contributed by atoms with E-state index in [4.69, 9.17) is 4.74 Å². The van der Waals surface area contributed by atoms with E-state index in [9.17, 15) is 4.79 Å². The molecule has 0 radical (unpaired) electrons. The van der Waals surface area contributed by atoms with Crippen molar-refractivity contribution in [3.05, 3.63) is 0 Å². The third kappa shape index (κ3) is 2.71. The SMILES string of the molecule is COCCNC(=O)C[C@@H]1C[C@H]2CC[C@H]1C2. The Morgan fingerprint density at radius 1 is 1.40 bits per heavy atom. The average molecular weight is 211 g/mol. The van der Waals surface area contributed by atoms with Gasteiger partial charge in [-0.25, -0.2) is 0 Å². The fourth-order valence-electron chi connectivity index (χ4n) is 3.23. The van der Waals surface area contributed by atoms with Crippen molar-refractivity contribution in [1.29, 1.82) is 0 Å². The van der Waals surface area contributed by atoms with Crippen molar-refractivity contribution < 1.29 is 9.53 Å². The summed E-state index contributed by atoms with van der Waals surface area (Å²) >= 11 is 0. The maximum absolute atomic E-state index is 11.6. The monoisotopic (exact) mass is 211 g/mol. The smallest absolute Gasteiger partial charge is 0.220 e. The van der Waals surface area contributed by atoms with Gasteiger partial charge in [-0.05, 0) is 37.0 Å². The van der Waals surface area contributed by atoms with Crippen LogP contribution in [0, 0.1) is 17.8 Å². The van der Waals surface area contributed by atoms with Gasteiger partial charge in [0.15, 0.2) is 0 Å². The summed E-state index contributed by atoms with van der Waals surface area (Å²) in [6.07, 6.45) is 6.19. The Morgan fingerprint density at radius 3 is 2.87 bits per heavy atom. The van der Waals surface area contributed by atoms with Crippen molar-refractivity contribution in [2.24, 2.45) is 17.8 Å². The molecular weight excluding hydrogens is 190 g/mol. The summed E-state index contributed by atoms with van der Waals surface area (Å²) in [6, 6.07) is 0. The molecule has 0 aromatic carbocycles. The van der Waals surface area contributed by atoms with Gasteiger partial charge in [-0.2, -0.15) is 0 Å². The summed E-state index contributed by atoms with van der Waals surface area (Å²) in [5.41, 5.74) is 0. The number of carbonyl (C=O) groups is 1. The lowest BCUT2D eigenvalue weighted by atomic mass is 9.86. The minimum atomic E-state index is 0.213. The lowest BCUT2D eigenvalue weighted by molar-refractivity contribution is -0.122. The number of carbonyl (C=O) groups excluding carboxylic acids is 1. The van der Waals surface area contributed by atoms with Crippen LogP contribution in [0.2, 0.25) is 0 Å². The fraction of sp³-hybridized carbons (Fsp3) is 0.917. The molecule has 2 aliphatic carbocycles. The van der Waals surface area contributed by atoms with E-state index in [1.165, 1.54) is 25.7 Å². The fourth-order valence-corrected chi connectivity index (χ4v) is 3.23. The zero-order valence-corrected chi connectivity index (χ0v) is 9.50. The highest BCUT2D eigenvalue weighted by Crippen LogP contribution is 2.49. The highest BCUT2D eigenvalue weighted by atomic mass is 16.5. The van der Waals surface area contributed by atoms with Crippen LogP contribution in [0.3, 0.4) is 0 Å². The number of nitrogens with one attached hydrogen (secondary N) is 1. The van der Waals surface area contributed by atoms with Crippen molar-refractivity contribution in [2.45, 2.75) is 32.1 Å². The molecule has 0 aromatic rings. The average Bonchev–Trinajstić information content (AvgIpc) is 2.79. The Hall–Kier alpha value is -0.570. The summed E-state index contributed by atoms with van der Waals surface area (Å²) in [7, 11) is 1.65. The Kier molecular flexibility index (Phi) is 3.62. The topological polar surface area (TPSA) is 38.3 Å². The number of hydrogen-bond acceptors (Lipinski definition) is 2. The van der Waals surface area contributed by atoms with Gasteiger partial charge in [0.1, 0.15) is 0 Å². The Morgan fingerprint density at radius 2 is 2.27 bits per heavy atom. The zero-order valence-electron chi connectivity index (χ0n) is 9.50. The number of ether oxygens (including phenoxy) is 1. The van der Waals surface area contributed by atoms with E-state index in [-0.39, 0.29) is 5.91 Å². The van der Waals surface area contributed by atoms with E-state index in [1.807, 2.05) is 0 Å². The summed E-state index contributed by atoms with van der Waals surface area (Å²) in [5.74, 6) is 2.67. The molecule has 1 amide bonds. The summed E-state index contributed by atoms with van der Waals surface area (Å²) in [6.45, 7) is 1.26. The van der Waals surface area contributed by atoms with E-state index in [1.54, 1.807) is 7.11 Å². The molecule has 0 aliphatic heterocycles. The van der Waals surface area contributed by atoms with E-state index < -0.39 is 0 Å². The second kappa shape index (κ2) is 4.97. The number of rotatable bonds is 5. The minimum Gasteiger partial charge on any atom is -0.383 e. The maximum Gasteiger partial charge on any atom is 0.220 e. The number of amides is 1. The quantitative estimate of drug-likeness (QED) is 0.701. The Labute approximate surface area is 91.6 Å². The molecule has 2 aliphatic rings. The van der Waals surface area contributed by atoms with Crippen LogP contribution in [0.4, 0.5) is 0 Å². The number of hydrogen-bond donors (Lipinski definition) is 1. The first-order valence-electron chi connectivity index (χ1n) is 6.05. The highest BCUT2D eigenvalue weighted by Gasteiger charge is 2.39. The lowest BCUT2D eigenvalue weighted by Gasteiger charge is -2.20. The lowest BCUT2D eigenvalue weighted by Crippen LogP contribution is -2.29. The van der Waals surface area contributed by atoms with Crippen molar-refractivity contribution in [2.75, 3.05) is 20.3 Å². The van der Waals surface area contributed by atoms with Crippen LogP contribution in [0.25, 0.3) is 0 Å². The summed E-state index contributed by atoms with van der Waals surface area (Å²) in [4.78, 5) is 11.6. The molecule has 3 heteroatoms. The van der Waals surface area contributed by atoms with Gasteiger partial charge in [0, 0.05) is 20.1 Å². The predicted molar refractivity (Wildman–Crippen MR) is 58.4 cm³/mol. The van der Waals surface area contributed by atoms with Crippen molar-refractivity contribution in [1.82, 2.24) is 5.32 Å². The van der Waals surface area contributed by atoms with E-state index in [2.05, 4.69) is 5.32 Å². The molecule has 15 heavy (non-hydrogen) atoms. The Bertz CT molecular complexity index is 230. The molecule has 3 nitrogen and oxygen atoms in total. The van der Waals surface area contributed by atoms with E-state index in [0.29, 0.717) is 19.1 Å².